The van der Waals surface area contributed by atoms with E-state index in [9.17, 15) is 0 Å². The molecule has 1 unspecified atom stereocenters. The van der Waals surface area contributed by atoms with Gasteiger partial charge in [-0.1, -0.05) is 31.2 Å². The third-order valence-electron chi connectivity index (χ3n) is 5.53. The normalized spacial score (nSPS) is 11.0. The van der Waals surface area contributed by atoms with Gasteiger partial charge in [-0.3, -0.25) is 0 Å². The van der Waals surface area contributed by atoms with E-state index >= 15 is 0 Å². The van der Waals surface area contributed by atoms with Gasteiger partial charge in [0.2, 0.25) is 0 Å². The van der Waals surface area contributed by atoms with Crippen LogP contribution in [0.2, 0.25) is 0 Å². The van der Waals surface area contributed by atoms with Crippen molar-refractivity contribution in [2.75, 3.05) is 0 Å². The Kier molecular flexibility index (Phi) is 13.2. The van der Waals surface area contributed by atoms with Gasteiger partial charge in [-0.05, 0) is 97.0 Å². The van der Waals surface area contributed by atoms with Crippen LogP contribution in [0.1, 0.15) is 51.3 Å². The van der Waals surface area contributed by atoms with Crippen molar-refractivity contribution in [2.24, 2.45) is 5.92 Å². The smallest absolute Gasteiger partial charge is 0.0484 e. The highest BCUT2D eigenvalue weighted by atomic mass is 32.1. The van der Waals surface area contributed by atoms with Crippen molar-refractivity contribution in [2.45, 2.75) is 52.9 Å². The summed E-state index contributed by atoms with van der Waals surface area (Å²) in [4.78, 5) is 5.79. The number of aryl methyl sites for hydroxylation is 2. The average molecular weight is 503 g/mol. The van der Waals surface area contributed by atoms with Crippen LogP contribution in [0.5, 0.6) is 0 Å². The summed E-state index contributed by atoms with van der Waals surface area (Å²) in [6.45, 7) is 21.6. The topological polar surface area (TPSA) is 31.5 Å². The highest BCUT2D eigenvalue weighted by molar-refractivity contribution is 7.26. The number of hydrogen-bond donors (Lipinski definition) is 0. The summed E-state index contributed by atoms with van der Waals surface area (Å²) in [6.07, 6.45) is 13.1. The number of hydrogen-bond acceptors (Lipinski definition) is 3. The predicted molar refractivity (Wildman–Crippen MR) is 159 cm³/mol. The molecule has 0 aliphatic rings. The van der Waals surface area contributed by atoms with E-state index in [1.165, 1.54) is 41.8 Å². The zero-order valence-corrected chi connectivity index (χ0v) is 22.7. The number of thiophene rings is 3. The molecule has 0 saturated carbocycles. The maximum absolute atomic E-state index is 3.87. The van der Waals surface area contributed by atoms with E-state index in [2.05, 4.69) is 70.0 Å². The summed E-state index contributed by atoms with van der Waals surface area (Å²) in [5.41, 5.74) is 5.79. The zero-order valence-electron chi connectivity index (χ0n) is 20.3. The molecular formula is C29H42OS3. The Labute approximate surface area is 215 Å². The minimum absolute atomic E-state index is 0. The fourth-order valence-corrected chi connectivity index (χ4v) is 7.07. The van der Waals surface area contributed by atoms with Gasteiger partial charge in [-0.15, -0.1) is 60.3 Å². The van der Waals surface area contributed by atoms with Crippen molar-refractivity contribution in [1.82, 2.24) is 0 Å². The Morgan fingerprint density at radius 3 is 1.58 bits per heavy atom. The number of rotatable bonds is 11. The number of allylic oxidation sites excluding steroid dienone is 4. The van der Waals surface area contributed by atoms with E-state index in [1.807, 2.05) is 58.3 Å². The summed E-state index contributed by atoms with van der Waals surface area (Å²) < 4.78 is 0. The molecule has 33 heavy (non-hydrogen) atoms. The summed E-state index contributed by atoms with van der Waals surface area (Å²) in [6, 6.07) is 4.55. The van der Waals surface area contributed by atoms with Gasteiger partial charge in [0.1, 0.15) is 0 Å². The lowest BCUT2D eigenvalue weighted by atomic mass is 10.0. The standard InChI is InChI=1S/C22H24S3.C7H12.H2O.2H2/c1-5-7-9-17-11-13-23-21(17)19-15(3)16(4)20(25-19)22-18(10-8-6-2)12-14-24-22;1-4-6-7(3)5-2;;;/h5-6,11-14H,1-2,7-10H2,3-4H3;4-5,7H,1-2,6H2,3H3;1H2;2*1H. The van der Waals surface area contributed by atoms with Crippen molar-refractivity contribution in [1.29, 1.82) is 0 Å². The molecule has 0 fully saturated rings. The summed E-state index contributed by atoms with van der Waals surface area (Å²) in [5, 5.41) is 4.45. The molecular weight excluding hydrogens is 461 g/mol. The van der Waals surface area contributed by atoms with Gasteiger partial charge in [0.05, 0.1) is 0 Å². The van der Waals surface area contributed by atoms with Gasteiger partial charge in [-0.25, -0.2) is 0 Å². The van der Waals surface area contributed by atoms with Crippen molar-refractivity contribution in [3.05, 3.63) is 95.8 Å². The van der Waals surface area contributed by atoms with E-state index < -0.39 is 0 Å². The predicted octanol–water partition coefficient (Wildman–Crippen LogP) is 10.1. The van der Waals surface area contributed by atoms with E-state index in [-0.39, 0.29) is 8.33 Å². The van der Waals surface area contributed by atoms with Gasteiger partial charge < -0.3 is 5.48 Å². The quantitative estimate of drug-likeness (QED) is 0.234. The molecule has 0 spiro atoms. The summed E-state index contributed by atoms with van der Waals surface area (Å²) in [5.74, 6) is 0.595. The Hall–Kier alpha value is -1.98. The van der Waals surface area contributed by atoms with Crippen molar-refractivity contribution in [3.8, 4) is 19.5 Å². The molecule has 2 N–H and O–H groups in total. The van der Waals surface area contributed by atoms with Crippen molar-refractivity contribution in [3.63, 3.8) is 0 Å². The second-order valence-corrected chi connectivity index (χ2v) is 10.8. The van der Waals surface area contributed by atoms with E-state index in [0.29, 0.717) is 5.92 Å². The van der Waals surface area contributed by atoms with Crippen LogP contribution < -0.4 is 0 Å². The van der Waals surface area contributed by atoms with Crippen LogP contribution in [0.15, 0.2) is 73.5 Å². The van der Waals surface area contributed by atoms with Gasteiger partial charge in [-0.2, -0.15) is 0 Å². The molecule has 3 heterocycles. The Balaban J connectivity index is 0. The molecule has 0 bridgehead atoms. The molecule has 182 valence electrons. The SMILES string of the molecule is C=CCC(C)C=C.C=CCCc1ccsc1-c1sc(-c2sccc2CCC=C)c(C)c1C.O.[HH].[HH]. The maximum Gasteiger partial charge on any atom is 0.0484 e. The summed E-state index contributed by atoms with van der Waals surface area (Å²) >= 11 is 5.71. The molecule has 4 heteroatoms. The highest BCUT2D eigenvalue weighted by Gasteiger charge is 2.19. The molecule has 0 radical (unpaired) electrons. The third-order valence-corrected chi connectivity index (χ3v) is 9.17. The van der Waals surface area contributed by atoms with Crippen LogP contribution in [0.4, 0.5) is 0 Å². The van der Waals surface area contributed by atoms with Crippen LogP contribution in [-0.4, -0.2) is 5.48 Å². The first kappa shape index (κ1) is 29.1. The van der Waals surface area contributed by atoms with Crippen LogP contribution in [0.3, 0.4) is 0 Å². The summed E-state index contributed by atoms with van der Waals surface area (Å²) in [7, 11) is 0. The molecule has 3 rings (SSSR count). The van der Waals surface area contributed by atoms with Gasteiger partial charge in [0.15, 0.2) is 0 Å². The van der Waals surface area contributed by atoms with Crippen molar-refractivity contribution < 1.29 is 8.33 Å². The fourth-order valence-electron chi connectivity index (χ4n) is 3.37. The third kappa shape index (κ3) is 7.79. The first-order valence-corrected chi connectivity index (χ1v) is 13.7. The average Bonchev–Trinajstić information content (AvgIpc) is 3.51. The Morgan fingerprint density at radius 2 is 1.24 bits per heavy atom. The highest BCUT2D eigenvalue weighted by Crippen LogP contribution is 2.46. The first-order valence-electron chi connectivity index (χ1n) is 11.2. The largest absolute Gasteiger partial charge is 0.412 e. The lowest BCUT2D eigenvalue weighted by molar-refractivity contribution is 0.748. The second-order valence-electron chi connectivity index (χ2n) is 7.95. The molecule has 0 aromatic carbocycles. The van der Waals surface area contributed by atoms with Crippen LogP contribution in [0.25, 0.3) is 19.5 Å². The van der Waals surface area contributed by atoms with Gasteiger partial charge in [0.25, 0.3) is 0 Å². The molecule has 0 aliphatic carbocycles. The van der Waals surface area contributed by atoms with Crippen LogP contribution in [-0.2, 0) is 12.8 Å². The molecule has 0 amide bonds. The minimum atomic E-state index is 0. The molecule has 3 aromatic heterocycles. The van der Waals surface area contributed by atoms with Crippen molar-refractivity contribution >= 4 is 34.0 Å². The van der Waals surface area contributed by atoms with Crippen LogP contribution in [0, 0.1) is 19.8 Å². The molecule has 0 saturated heterocycles. The second kappa shape index (κ2) is 15.0. The monoisotopic (exact) mass is 502 g/mol. The zero-order chi connectivity index (χ0) is 23.5. The van der Waals surface area contributed by atoms with Gasteiger partial charge in [0, 0.05) is 22.4 Å². The van der Waals surface area contributed by atoms with E-state index in [1.54, 1.807) is 0 Å². The molecule has 1 nitrogen and oxygen atoms in total. The Bertz CT molecular complexity index is 972. The minimum Gasteiger partial charge on any atom is -0.412 e. The molecule has 3 aromatic rings. The molecule has 1 atom stereocenters. The Morgan fingerprint density at radius 1 is 0.788 bits per heavy atom. The van der Waals surface area contributed by atoms with Crippen LogP contribution >= 0.6 is 34.0 Å². The fraction of sp³-hybridized carbons (Fsp3) is 0.310. The maximum atomic E-state index is 3.87. The van der Waals surface area contributed by atoms with E-state index in [0.717, 1.165) is 32.1 Å². The van der Waals surface area contributed by atoms with E-state index in [4.69, 9.17) is 0 Å². The lowest BCUT2D eigenvalue weighted by Gasteiger charge is -2.02. The molecule has 0 aliphatic heterocycles. The lowest BCUT2D eigenvalue weighted by Crippen LogP contribution is -1.84. The van der Waals surface area contributed by atoms with Gasteiger partial charge >= 0.3 is 0 Å². The first-order chi connectivity index (χ1) is 15.5.